The molecule has 1 aliphatic rings. The number of nitrogens with zero attached hydrogens (tertiary/aromatic N) is 1. The van der Waals surface area contributed by atoms with Crippen LogP contribution < -0.4 is 10.6 Å². The molecule has 0 aliphatic heterocycles. The average Bonchev–Trinajstić information content (AvgIpc) is 2.44. The van der Waals surface area contributed by atoms with E-state index >= 15 is 0 Å². The van der Waals surface area contributed by atoms with Crippen molar-refractivity contribution in [3.05, 3.63) is 23.9 Å². The van der Waals surface area contributed by atoms with Crippen LogP contribution in [0.15, 0.2) is 18.2 Å². The second-order valence-corrected chi connectivity index (χ2v) is 6.77. The largest absolute Gasteiger partial charge is 0.370 e. The van der Waals surface area contributed by atoms with E-state index in [1.165, 1.54) is 12.8 Å². The van der Waals surface area contributed by atoms with Crippen LogP contribution in [-0.2, 0) is 0 Å². The van der Waals surface area contributed by atoms with Gasteiger partial charge in [0.2, 0.25) is 0 Å². The second-order valence-electron chi connectivity index (χ2n) is 6.77. The first-order valence-corrected chi connectivity index (χ1v) is 8.02. The topological polar surface area (TPSA) is 54.0 Å². The fraction of sp³-hybridized carbons (Fsp3) is 0.647. The first-order chi connectivity index (χ1) is 10.00. The Morgan fingerprint density at radius 3 is 2.95 bits per heavy atom. The fourth-order valence-corrected chi connectivity index (χ4v) is 2.99. The van der Waals surface area contributed by atoms with E-state index in [2.05, 4.69) is 36.4 Å². The molecule has 4 nitrogen and oxygen atoms in total. The summed E-state index contributed by atoms with van der Waals surface area (Å²) >= 11 is 0. The van der Waals surface area contributed by atoms with Gasteiger partial charge >= 0.3 is 0 Å². The van der Waals surface area contributed by atoms with Crippen LogP contribution in [-0.4, -0.2) is 23.5 Å². The van der Waals surface area contributed by atoms with E-state index in [0.29, 0.717) is 11.1 Å². The average molecular weight is 289 g/mol. The Kier molecular flexibility index (Phi) is 5.21. The zero-order chi connectivity index (χ0) is 15.3. The molecule has 2 N–H and O–H groups in total. The minimum atomic E-state index is -0.0575. The molecular weight excluding hydrogens is 262 g/mol. The predicted molar refractivity (Wildman–Crippen MR) is 86.5 cm³/mol. The predicted octanol–water partition coefficient (Wildman–Crippen LogP) is 3.60. The van der Waals surface area contributed by atoms with Gasteiger partial charge in [-0.1, -0.05) is 33.3 Å². The third kappa shape index (κ3) is 4.73. The highest BCUT2D eigenvalue weighted by molar-refractivity contribution is 5.92. The molecule has 1 aliphatic carbocycles. The van der Waals surface area contributed by atoms with Crippen molar-refractivity contribution < 1.29 is 4.79 Å². The third-order valence-corrected chi connectivity index (χ3v) is 4.08. The molecule has 1 aromatic rings. The van der Waals surface area contributed by atoms with Crippen LogP contribution in [0, 0.1) is 5.41 Å². The highest BCUT2D eigenvalue weighted by Gasteiger charge is 2.29. The summed E-state index contributed by atoms with van der Waals surface area (Å²) < 4.78 is 0. The molecule has 1 unspecified atom stereocenters. The molecule has 0 bridgehead atoms. The third-order valence-electron chi connectivity index (χ3n) is 4.08. The summed E-state index contributed by atoms with van der Waals surface area (Å²) in [6.45, 7) is 7.53. The molecule has 2 rings (SSSR count). The maximum Gasteiger partial charge on any atom is 0.270 e. The summed E-state index contributed by atoms with van der Waals surface area (Å²) in [7, 11) is 0. The van der Waals surface area contributed by atoms with Crippen LogP contribution >= 0.6 is 0 Å². The Labute approximate surface area is 127 Å². The Bertz CT molecular complexity index is 485. The van der Waals surface area contributed by atoms with Crippen molar-refractivity contribution in [3.63, 3.8) is 0 Å². The maximum absolute atomic E-state index is 12.3. The quantitative estimate of drug-likeness (QED) is 0.870. The number of hydrogen-bond donors (Lipinski definition) is 2. The van der Waals surface area contributed by atoms with Crippen molar-refractivity contribution in [2.75, 3.05) is 11.9 Å². The number of amides is 1. The number of carbonyl (C=O) groups is 1. The van der Waals surface area contributed by atoms with Crippen molar-refractivity contribution >= 4 is 11.7 Å². The van der Waals surface area contributed by atoms with E-state index < -0.39 is 0 Å². The van der Waals surface area contributed by atoms with E-state index in [1.54, 1.807) is 6.07 Å². The first-order valence-electron chi connectivity index (χ1n) is 8.02. The highest BCUT2D eigenvalue weighted by atomic mass is 16.1. The van der Waals surface area contributed by atoms with Gasteiger partial charge in [-0.15, -0.1) is 0 Å². The van der Waals surface area contributed by atoms with E-state index in [9.17, 15) is 4.79 Å². The minimum Gasteiger partial charge on any atom is -0.370 e. The van der Waals surface area contributed by atoms with Gasteiger partial charge < -0.3 is 10.6 Å². The molecule has 0 aromatic carbocycles. The van der Waals surface area contributed by atoms with E-state index in [4.69, 9.17) is 0 Å². The monoisotopic (exact) mass is 289 g/mol. The molecule has 0 spiro atoms. The normalized spacial score (nSPS) is 20.8. The van der Waals surface area contributed by atoms with Crippen LogP contribution in [0.5, 0.6) is 0 Å². The van der Waals surface area contributed by atoms with Crippen molar-refractivity contribution in [2.24, 2.45) is 5.41 Å². The van der Waals surface area contributed by atoms with Crippen molar-refractivity contribution in [2.45, 2.75) is 58.9 Å². The van der Waals surface area contributed by atoms with Crippen molar-refractivity contribution in [1.29, 1.82) is 0 Å². The van der Waals surface area contributed by atoms with Crippen molar-refractivity contribution in [1.82, 2.24) is 10.3 Å². The lowest BCUT2D eigenvalue weighted by molar-refractivity contribution is 0.0897. The van der Waals surface area contributed by atoms with Crippen LogP contribution in [0.1, 0.15) is 63.4 Å². The van der Waals surface area contributed by atoms with Crippen LogP contribution in [0.2, 0.25) is 0 Å². The molecule has 21 heavy (non-hydrogen) atoms. The first kappa shape index (κ1) is 15.8. The zero-order valence-corrected chi connectivity index (χ0v) is 13.4. The summed E-state index contributed by atoms with van der Waals surface area (Å²) in [6.07, 6.45) is 5.59. The number of rotatable bonds is 5. The molecule has 116 valence electrons. The van der Waals surface area contributed by atoms with Gasteiger partial charge in [0.25, 0.3) is 5.91 Å². The summed E-state index contributed by atoms with van der Waals surface area (Å²) in [6, 6.07) is 5.83. The zero-order valence-electron chi connectivity index (χ0n) is 13.4. The number of pyridine rings is 1. The molecular formula is C17H27N3O. The number of anilines is 1. The van der Waals surface area contributed by atoms with Gasteiger partial charge in [0.15, 0.2) is 0 Å². The van der Waals surface area contributed by atoms with Crippen LogP contribution in [0.3, 0.4) is 0 Å². The van der Waals surface area contributed by atoms with Crippen molar-refractivity contribution in [3.8, 4) is 0 Å². The lowest BCUT2D eigenvalue weighted by Gasteiger charge is -2.35. The summed E-state index contributed by atoms with van der Waals surface area (Å²) in [5.74, 6) is 0.714. The number of aromatic nitrogens is 1. The smallest absolute Gasteiger partial charge is 0.270 e. The summed E-state index contributed by atoms with van der Waals surface area (Å²) in [4.78, 5) is 16.7. The summed E-state index contributed by atoms with van der Waals surface area (Å²) in [5, 5.41) is 6.36. The van der Waals surface area contributed by atoms with Crippen LogP contribution in [0.4, 0.5) is 5.82 Å². The fourth-order valence-electron chi connectivity index (χ4n) is 2.99. The Balaban J connectivity index is 1.96. The molecule has 0 radical (unpaired) electrons. The minimum absolute atomic E-state index is 0.0575. The van der Waals surface area contributed by atoms with Gasteiger partial charge in [0.05, 0.1) is 0 Å². The molecule has 1 heterocycles. The van der Waals surface area contributed by atoms with Gasteiger partial charge in [-0.3, -0.25) is 4.79 Å². The molecule has 1 atom stereocenters. The summed E-state index contributed by atoms with van der Waals surface area (Å²) in [5.41, 5.74) is 0.827. The van der Waals surface area contributed by atoms with Gasteiger partial charge in [0, 0.05) is 12.6 Å². The molecule has 1 aromatic heterocycles. The lowest BCUT2D eigenvalue weighted by Crippen LogP contribution is -2.41. The molecule has 0 saturated heterocycles. The van der Waals surface area contributed by atoms with Gasteiger partial charge in [-0.25, -0.2) is 4.98 Å². The van der Waals surface area contributed by atoms with Gasteiger partial charge in [0.1, 0.15) is 11.5 Å². The Hall–Kier alpha value is -1.58. The SMILES string of the molecule is CCCNc1cccc(C(=O)NC2CCCC(C)(C)C2)n1. The van der Waals surface area contributed by atoms with E-state index in [1.807, 2.05) is 12.1 Å². The molecule has 1 saturated carbocycles. The molecule has 1 amide bonds. The van der Waals surface area contributed by atoms with Gasteiger partial charge in [-0.2, -0.15) is 0 Å². The van der Waals surface area contributed by atoms with Gasteiger partial charge in [-0.05, 0) is 43.2 Å². The molecule has 1 fully saturated rings. The maximum atomic E-state index is 12.3. The Morgan fingerprint density at radius 1 is 1.43 bits per heavy atom. The highest BCUT2D eigenvalue weighted by Crippen LogP contribution is 2.35. The number of nitrogens with one attached hydrogen (secondary N) is 2. The number of hydrogen-bond acceptors (Lipinski definition) is 3. The Morgan fingerprint density at radius 2 is 2.24 bits per heavy atom. The standard InChI is InChI=1S/C17H27N3O/c1-4-11-18-15-9-5-8-14(20-15)16(21)19-13-7-6-10-17(2,3)12-13/h5,8-9,13H,4,6-7,10-12H2,1-3H3,(H,18,20)(H,19,21). The lowest BCUT2D eigenvalue weighted by atomic mass is 9.75. The second kappa shape index (κ2) is 6.92. The molecule has 4 heteroatoms. The number of carbonyl (C=O) groups excluding carboxylic acids is 1. The van der Waals surface area contributed by atoms with E-state index in [0.717, 1.165) is 31.6 Å². The van der Waals surface area contributed by atoms with E-state index in [-0.39, 0.29) is 11.9 Å². The van der Waals surface area contributed by atoms with Crippen LogP contribution in [0.25, 0.3) is 0 Å².